The van der Waals surface area contributed by atoms with Crippen molar-refractivity contribution in [1.29, 1.82) is 5.26 Å². The molecule has 0 amide bonds. The molecular formula is C12H18N2. The summed E-state index contributed by atoms with van der Waals surface area (Å²) in [7, 11) is 0. The third kappa shape index (κ3) is 3.04. The lowest BCUT2D eigenvalue weighted by atomic mass is 9.69. The normalized spacial score (nSPS) is 19.6. The Morgan fingerprint density at radius 3 is 2.50 bits per heavy atom. The van der Waals surface area contributed by atoms with Crippen LogP contribution >= 0.6 is 0 Å². The molecule has 14 heavy (non-hydrogen) atoms. The van der Waals surface area contributed by atoms with Crippen molar-refractivity contribution >= 4 is 0 Å². The number of nitriles is 1. The van der Waals surface area contributed by atoms with Crippen molar-refractivity contribution in [2.24, 2.45) is 5.41 Å². The minimum absolute atomic E-state index is 0.346. The second-order valence-electron chi connectivity index (χ2n) is 4.35. The molecule has 1 aliphatic rings. The van der Waals surface area contributed by atoms with E-state index in [9.17, 15) is 0 Å². The van der Waals surface area contributed by atoms with Gasteiger partial charge in [-0.25, -0.2) is 6.57 Å². The van der Waals surface area contributed by atoms with E-state index in [2.05, 4.69) is 10.9 Å². The van der Waals surface area contributed by atoms with E-state index in [1.54, 1.807) is 0 Å². The van der Waals surface area contributed by atoms with Gasteiger partial charge in [0.05, 0.1) is 6.07 Å². The Hall–Kier alpha value is -1.02. The average molecular weight is 190 g/mol. The summed E-state index contributed by atoms with van der Waals surface area (Å²) < 4.78 is 0. The van der Waals surface area contributed by atoms with Crippen LogP contribution in [-0.2, 0) is 0 Å². The molecule has 1 rings (SSSR count). The lowest BCUT2D eigenvalue weighted by Crippen LogP contribution is -2.24. The fourth-order valence-corrected chi connectivity index (χ4v) is 2.54. The molecular weight excluding hydrogens is 172 g/mol. The topological polar surface area (TPSA) is 28.1 Å². The summed E-state index contributed by atoms with van der Waals surface area (Å²) in [6.07, 6.45) is 9.10. The maximum Gasteiger partial charge on any atom is 0.215 e. The van der Waals surface area contributed by atoms with Crippen LogP contribution in [0.15, 0.2) is 0 Å². The molecule has 0 heterocycles. The molecule has 0 unspecified atom stereocenters. The maximum absolute atomic E-state index is 8.63. The SMILES string of the molecule is [C-]#[N+]CCC1(CCC#N)CCCCC1. The Bertz CT molecular complexity index is 218. The highest BCUT2D eigenvalue weighted by Gasteiger charge is 2.31. The zero-order chi connectivity index (χ0) is 10.3. The average Bonchev–Trinajstić information content (AvgIpc) is 2.25. The highest BCUT2D eigenvalue weighted by atomic mass is 14.6. The Morgan fingerprint density at radius 1 is 1.21 bits per heavy atom. The van der Waals surface area contributed by atoms with Crippen molar-refractivity contribution in [3.05, 3.63) is 11.4 Å². The van der Waals surface area contributed by atoms with Crippen LogP contribution in [0.5, 0.6) is 0 Å². The molecule has 0 radical (unpaired) electrons. The van der Waals surface area contributed by atoms with Gasteiger partial charge in [-0.15, -0.1) is 0 Å². The largest absolute Gasteiger partial charge is 0.317 e. The van der Waals surface area contributed by atoms with Gasteiger partial charge >= 0.3 is 0 Å². The van der Waals surface area contributed by atoms with Crippen molar-refractivity contribution in [2.45, 2.75) is 51.4 Å². The summed E-state index contributed by atoms with van der Waals surface area (Å²) >= 11 is 0. The van der Waals surface area contributed by atoms with E-state index in [-0.39, 0.29) is 0 Å². The van der Waals surface area contributed by atoms with Gasteiger partial charge in [0, 0.05) is 12.8 Å². The van der Waals surface area contributed by atoms with Crippen molar-refractivity contribution in [3.8, 4) is 6.07 Å². The first-order valence-electron chi connectivity index (χ1n) is 5.53. The molecule has 1 aliphatic carbocycles. The summed E-state index contributed by atoms with van der Waals surface area (Å²) in [6, 6.07) is 2.24. The van der Waals surface area contributed by atoms with E-state index in [4.69, 9.17) is 11.8 Å². The van der Waals surface area contributed by atoms with Gasteiger partial charge in [-0.1, -0.05) is 19.3 Å². The second-order valence-corrected chi connectivity index (χ2v) is 4.35. The monoisotopic (exact) mass is 190 g/mol. The Balaban J connectivity index is 2.49. The Kier molecular flexibility index (Phi) is 4.47. The molecule has 0 aromatic rings. The van der Waals surface area contributed by atoms with E-state index in [0.29, 0.717) is 18.4 Å². The first kappa shape index (κ1) is 11.1. The summed E-state index contributed by atoms with van der Waals surface area (Å²) in [5.41, 5.74) is 0.346. The van der Waals surface area contributed by atoms with Crippen molar-refractivity contribution in [1.82, 2.24) is 0 Å². The summed E-state index contributed by atoms with van der Waals surface area (Å²) in [5, 5.41) is 8.63. The van der Waals surface area contributed by atoms with Crippen LogP contribution in [-0.4, -0.2) is 6.54 Å². The summed E-state index contributed by atoms with van der Waals surface area (Å²) in [4.78, 5) is 3.45. The Morgan fingerprint density at radius 2 is 1.93 bits per heavy atom. The van der Waals surface area contributed by atoms with Gasteiger partial charge in [-0.2, -0.15) is 5.26 Å². The molecule has 2 nitrogen and oxygen atoms in total. The first-order valence-corrected chi connectivity index (χ1v) is 5.53. The molecule has 0 bridgehead atoms. The number of rotatable bonds is 4. The van der Waals surface area contributed by atoms with E-state index in [0.717, 1.165) is 12.8 Å². The molecule has 0 aromatic carbocycles. The molecule has 0 aliphatic heterocycles. The molecule has 0 spiro atoms. The molecule has 0 aromatic heterocycles. The number of nitrogens with zero attached hydrogens (tertiary/aromatic N) is 2. The summed E-state index contributed by atoms with van der Waals surface area (Å²) in [6.45, 7) is 7.49. The minimum atomic E-state index is 0.346. The van der Waals surface area contributed by atoms with Crippen molar-refractivity contribution < 1.29 is 0 Å². The lowest BCUT2D eigenvalue weighted by molar-refractivity contribution is 0.166. The number of hydrogen-bond acceptors (Lipinski definition) is 1. The van der Waals surface area contributed by atoms with Crippen molar-refractivity contribution in [3.63, 3.8) is 0 Å². The fourth-order valence-electron chi connectivity index (χ4n) is 2.54. The highest BCUT2D eigenvalue weighted by Crippen LogP contribution is 2.42. The smallest absolute Gasteiger partial charge is 0.215 e. The van der Waals surface area contributed by atoms with Crippen LogP contribution in [0.1, 0.15) is 51.4 Å². The predicted octanol–water partition coefficient (Wildman–Crippen LogP) is 3.55. The number of hydrogen-bond donors (Lipinski definition) is 0. The zero-order valence-corrected chi connectivity index (χ0v) is 8.76. The molecule has 0 saturated heterocycles. The molecule has 76 valence electrons. The van der Waals surface area contributed by atoms with Gasteiger partial charge in [0.2, 0.25) is 6.54 Å². The zero-order valence-electron chi connectivity index (χ0n) is 8.76. The van der Waals surface area contributed by atoms with Crippen LogP contribution in [0.2, 0.25) is 0 Å². The van der Waals surface area contributed by atoms with E-state index < -0.39 is 0 Å². The van der Waals surface area contributed by atoms with Crippen molar-refractivity contribution in [2.75, 3.05) is 6.54 Å². The van der Waals surface area contributed by atoms with E-state index in [1.165, 1.54) is 32.1 Å². The van der Waals surface area contributed by atoms with Crippen LogP contribution < -0.4 is 0 Å². The molecule has 2 heteroatoms. The fraction of sp³-hybridized carbons (Fsp3) is 0.833. The van der Waals surface area contributed by atoms with E-state index in [1.807, 2.05) is 0 Å². The van der Waals surface area contributed by atoms with Gasteiger partial charge in [0.25, 0.3) is 0 Å². The quantitative estimate of drug-likeness (QED) is 0.623. The molecule has 1 saturated carbocycles. The lowest BCUT2D eigenvalue weighted by Gasteiger charge is -2.35. The van der Waals surface area contributed by atoms with Gasteiger partial charge in [0.1, 0.15) is 0 Å². The molecule has 0 N–H and O–H groups in total. The molecule has 0 atom stereocenters. The van der Waals surface area contributed by atoms with Gasteiger partial charge in [-0.05, 0) is 24.7 Å². The standard InChI is InChI=1S/C12H18N2/c1-14-11-9-12(8-5-10-13)6-3-2-4-7-12/h2-9,11H2. The third-order valence-electron chi connectivity index (χ3n) is 3.44. The Labute approximate surface area is 86.7 Å². The van der Waals surface area contributed by atoms with E-state index >= 15 is 0 Å². The van der Waals surface area contributed by atoms with Crippen LogP contribution in [0, 0.1) is 23.3 Å². The van der Waals surface area contributed by atoms with Gasteiger partial charge in [0.15, 0.2) is 0 Å². The summed E-state index contributed by atoms with van der Waals surface area (Å²) in [5.74, 6) is 0. The van der Waals surface area contributed by atoms with Crippen LogP contribution in [0.25, 0.3) is 4.85 Å². The minimum Gasteiger partial charge on any atom is -0.317 e. The van der Waals surface area contributed by atoms with Gasteiger partial charge in [-0.3, -0.25) is 0 Å². The maximum atomic E-state index is 8.63. The van der Waals surface area contributed by atoms with Crippen LogP contribution in [0.4, 0.5) is 0 Å². The predicted molar refractivity (Wildman–Crippen MR) is 56.5 cm³/mol. The first-order chi connectivity index (χ1) is 6.83. The third-order valence-corrected chi connectivity index (χ3v) is 3.44. The highest BCUT2D eigenvalue weighted by molar-refractivity contribution is 4.88. The van der Waals surface area contributed by atoms with Gasteiger partial charge < -0.3 is 4.85 Å². The second kappa shape index (κ2) is 5.66. The van der Waals surface area contributed by atoms with Crippen LogP contribution in [0.3, 0.4) is 0 Å². The molecule has 1 fully saturated rings.